The van der Waals surface area contributed by atoms with E-state index in [-0.39, 0.29) is 5.78 Å². The second-order valence-corrected chi connectivity index (χ2v) is 4.55. The zero-order valence-corrected chi connectivity index (χ0v) is 11.8. The third kappa shape index (κ3) is 3.43. The molecule has 2 atom stereocenters. The van der Waals surface area contributed by atoms with Gasteiger partial charge in [0.05, 0.1) is 13.2 Å². The lowest BCUT2D eigenvalue weighted by atomic mass is 10.0. The van der Waals surface area contributed by atoms with Crippen LogP contribution in [0.2, 0.25) is 0 Å². The molecule has 2 unspecified atom stereocenters. The number of methoxy groups -OCH3 is 2. The maximum atomic E-state index is 12.5. The molecule has 1 fully saturated rings. The normalized spacial score (nSPS) is 19.5. The Kier molecular flexibility index (Phi) is 5.67. The molecule has 1 aliphatic rings. The molecular formula is C15H20O5. The summed E-state index contributed by atoms with van der Waals surface area (Å²) in [5, 5.41) is 0. The van der Waals surface area contributed by atoms with Gasteiger partial charge in [-0.2, -0.15) is 0 Å². The van der Waals surface area contributed by atoms with Crippen LogP contribution in [0.15, 0.2) is 30.3 Å². The van der Waals surface area contributed by atoms with E-state index in [1.165, 1.54) is 14.2 Å². The minimum Gasteiger partial charge on any atom is -0.373 e. The van der Waals surface area contributed by atoms with E-state index in [0.717, 1.165) is 6.42 Å². The summed E-state index contributed by atoms with van der Waals surface area (Å²) in [5.74, 6) is -0.141. The van der Waals surface area contributed by atoms with Crippen LogP contribution in [0.1, 0.15) is 16.8 Å². The van der Waals surface area contributed by atoms with E-state index in [9.17, 15) is 4.79 Å². The molecule has 5 heteroatoms. The number of hydrogen-bond donors (Lipinski definition) is 0. The topological polar surface area (TPSA) is 54.0 Å². The Morgan fingerprint density at radius 3 is 2.35 bits per heavy atom. The summed E-state index contributed by atoms with van der Waals surface area (Å²) in [6.45, 7) is 1.20. The molecule has 20 heavy (non-hydrogen) atoms. The van der Waals surface area contributed by atoms with Gasteiger partial charge in [-0.05, 0) is 6.42 Å². The standard InChI is InChI=1S/C15H20O5/c1-17-13(12(16)11-7-4-3-5-8-11)14(18-2)15-19-9-6-10-20-15/h3-5,7-8,13-15H,6,9-10H2,1-2H3. The minimum absolute atomic E-state index is 0.141. The summed E-state index contributed by atoms with van der Waals surface area (Å²) < 4.78 is 21.8. The van der Waals surface area contributed by atoms with E-state index in [1.807, 2.05) is 18.2 Å². The summed E-state index contributed by atoms with van der Waals surface area (Å²) >= 11 is 0. The quantitative estimate of drug-likeness (QED) is 0.742. The van der Waals surface area contributed by atoms with Crippen molar-refractivity contribution in [3.63, 3.8) is 0 Å². The molecule has 1 aromatic carbocycles. The van der Waals surface area contributed by atoms with Gasteiger partial charge in [0.2, 0.25) is 0 Å². The first kappa shape index (κ1) is 15.1. The van der Waals surface area contributed by atoms with Crippen LogP contribution in [0, 0.1) is 0 Å². The van der Waals surface area contributed by atoms with E-state index in [2.05, 4.69) is 0 Å². The van der Waals surface area contributed by atoms with Crippen LogP contribution in [0.3, 0.4) is 0 Å². The zero-order valence-electron chi connectivity index (χ0n) is 11.8. The second kappa shape index (κ2) is 7.50. The van der Waals surface area contributed by atoms with E-state index < -0.39 is 18.5 Å². The molecule has 0 radical (unpaired) electrons. The highest BCUT2D eigenvalue weighted by atomic mass is 16.7. The highest BCUT2D eigenvalue weighted by Gasteiger charge is 2.37. The van der Waals surface area contributed by atoms with Gasteiger partial charge in [0.1, 0.15) is 6.10 Å². The van der Waals surface area contributed by atoms with E-state index in [0.29, 0.717) is 18.8 Å². The van der Waals surface area contributed by atoms with Gasteiger partial charge >= 0.3 is 0 Å². The lowest BCUT2D eigenvalue weighted by Crippen LogP contribution is -2.48. The highest BCUT2D eigenvalue weighted by Crippen LogP contribution is 2.19. The first-order valence-corrected chi connectivity index (χ1v) is 6.66. The van der Waals surface area contributed by atoms with Gasteiger partial charge in [0, 0.05) is 19.8 Å². The maximum Gasteiger partial charge on any atom is 0.194 e. The molecule has 1 aromatic rings. The third-order valence-corrected chi connectivity index (χ3v) is 3.26. The number of carbonyl (C=O) groups is 1. The van der Waals surface area contributed by atoms with Crippen molar-refractivity contribution in [2.75, 3.05) is 27.4 Å². The second-order valence-electron chi connectivity index (χ2n) is 4.55. The molecule has 1 saturated heterocycles. The number of hydrogen-bond acceptors (Lipinski definition) is 5. The number of carbonyl (C=O) groups excluding carboxylic acids is 1. The van der Waals surface area contributed by atoms with E-state index in [1.54, 1.807) is 12.1 Å². The van der Waals surface area contributed by atoms with Crippen molar-refractivity contribution in [2.24, 2.45) is 0 Å². The lowest BCUT2D eigenvalue weighted by molar-refractivity contribution is -0.243. The van der Waals surface area contributed by atoms with Crippen LogP contribution < -0.4 is 0 Å². The van der Waals surface area contributed by atoms with Crippen LogP contribution in [0.4, 0.5) is 0 Å². The Morgan fingerprint density at radius 2 is 1.80 bits per heavy atom. The van der Waals surface area contributed by atoms with Crippen molar-refractivity contribution in [3.8, 4) is 0 Å². The SMILES string of the molecule is COC(C(=O)c1ccccc1)C(OC)C1OCCCO1. The Labute approximate surface area is 118 Å². The largest absolute Gasteiger partial charge is 0.373 e. The Hall–Kier alpha value is -1.27. The van der Waals surface area contributed by atoms with Gasteiger partial charge in [-0.15, -0.1) is 0 Å². The molecule has 0 bridgehead atoms. The predicted molar refractivity (Wildman–Crippen MR) is 72.7 cm³/mol. The number of rotatable bonds is 6. The Morgan fingerprint density at radius 1 is 1.15 bits per heavy atom. The van der Waals surface area contributed by atoms with Crippen molar-refractivity contribution in [1.29, 1.82) is 0 Å². The van der Waals surface area contributed by atoms with E-state index in [4.69, 9.17) is 18.9 Å². The number of ketones is 1. The van der Waals surface area contributed by atoms with Crippen LogP contribution in [-0.2, 0) is 18.9 Å². The average molecular weight is 280 g/mol. The molecule has 110 valence electrons. The molecule has 0 aromatic heterocycles. The average Bonchev–Trinajstić information content (AvgIpc) is 2.53. The fourth-order valence-corrected chi connectivity index (χ4v) is 2.23. The summed E-state index contributed by atoms with van der Waals surface area (Å²) in [5.41, 5.74) is 0.581. The maximum absolute atomic E-state index is 12.5. The molecule has 0 spiro atoms. The summed E-state index contributed by atoms with van der Waals surface area (Å²) in [7, 11) is 3.01. The fraction of sp³-hybridized carbons (Fsp3) is 0.533. The molecule has 1 aliphatic heterocycles. The first-order chi connectivity index (χ1) is 9.77. The van der Waals surface area contributed by atoms with Gasteiger partial charge < -0.3 is 18.9 Å². The lowest BCUT2D eigenvalue weighted by Gasteiger charge is -2.33. The van der Waals surface area contributed by atoms with Crippen molar-refractivity contribution in [1.82, 2.24) is 0 Å². The molecule has 0 amide bonds. The van der Waals surface area contributed by atoms with Crippen LogP contribution in [0.5, 0.6) is 0 Å². The van der Waals surface area contributed by atoms with Crippen LogP contribution in [-0.4, -0.2) is 51.7 Å². The molecule has 0 saturated carbocycles. The van der Waals surface area contributed by atoms with Gasteiger partial charge in [-0.1, -0.05) is 30.3 Å². The monoisotopic (exact) mass is 280 g/mol. The molecule has 0 aliphatic carbocycles. The Bertz CT molecular complexity index is 414. The molecule has 5 nitrogen and oxygen atoms in total. The van der Waals surface area contributed by atoms with Crippen LogP contribution in [0.25, 0.3) is 0 Å². The molecular weight excluding hydrogens is 260 g/mol. The predicted octanol–water partition coefficient (Wildman–Crippen LogP) is 1.66. The number of ether oxygens (including phenoxy) is 4. The van der Waals surface area contributed by atoms with Gasteiger partial charge in [-0.25, -0.2) is 0 Å². The summed E-state index contributed by atoms with van der Waals surface area (Å²) in [6, 6.07) is 9.00. The first-order valence-electron chi connectivity index (χ1n) is 6.66. The van der Waals surface area contributed by atoms with Gasteiger partial charge in [-0.3, -0.25) is 4.79 Å². The zero-order chi connectivity index (χ0) is 14.4. The number of benzene rings is 1. The van der Waals surface area contributed by atoms with E-state index >= 15 is 0 Å². The smallest absolute Gasteiger partial charge is 0.194 e. The summed E-state index contributed by atoms with van der Waals surface area (Å²) in [4.78, 5) is 12.5. The van der Waals surface area contributed by atoms with Crippen molar-refractivity contribution >= 4 is 5.78 Å². The van der Waals surface area contributed by atoms with Crippen molar-refractivity contribution < 1.29 is 23.7 Å². The molecule has 2 rings (SSSR count). The highest BCUT2D eigenvalue weighted by molar-refractivity contribution is 5.99. The van der Waals surface area contributed by atoms with Crippen molar-refractivity contribution in [3.05, 3.63) is 35.9 Å². The van der Waals surface area contributed by atoms with Gasteiger partial charge in [0.15, 0.2) is 18.2 Å². The summed E-state index contributed by atoms with van der Waals surface area (Å²) in [6.07, 6.45) is -1.08. The molecule has 0 N–H and O–H groups in total. The van der Waals surface area contributed by atoms with Gasteiger partial charge in [0.25, 0.3) is 0 Å². The van der Waals surface area contributed by atoms with Crippen LogP contribution >= 0.6 is 0 Å². The third-order valence-electron chi connectivity index (χ3n) is 3.26. The minimum atomic E-state index is -0.759. The number of Topliss-reactive ketones (excluding diaryl/α,β-unsaturated/α-hetero) is 1. The fourth-order valence-electron chi connectivity index (χ4n) is 2.23. The Balaban J connectivity index is 2.14. The molecule has 1 heterocycles. The van der Waals surface area contributed by atoms with Crippen molar-refractivity contribution in [2.45, 2.75) is 24.9 Å².